The smallest absolute Gasteiger partial charge is 0.315 e. The number of hydrogen-bond donors (Lipinski definition) is 2. The molecule has 6 heteroatoms. The fourth-order valence-corrected chi connectivity index (χ4v) is 1.75. The van der Waals surface area contributed by atoms with Crippen LogP contribution in [-0.2, 0) is 13.1 Å². The summed E-state index contributed by atoms with van der Waals surface area (Å²) in [7, 11) is 0. The molecule has 2 rings (SSSR count). The molecule has 104 valence electrons. The van der Waals surface area contributed by atoms with Crippen molar-refractivity contribution in [3.8, 4) is 0 Å². The Labute approximate surface area is 122 Å². The number of rotatable bonds is 4. The van der Waals surface area contributed by atoms with Crippen LogP contribution in [0.4, 0.5) is 4.79 Å². The molecule has 0 bridgehead atoms. The molecule has 5 nitrogen and oxygen atoms in total. The van der Waals surface area contributed by atoms with Gasteiger partial charge in [0, 0.05) is 17.3 Å². The van der Waals surface area contributed by atoms with Crippen LogP contribution in [0.3, 0.4) is 0 Å². The number of aromatic nitrogens is 2. The number of benzene rings is 1. The van der Waals surface area contributed by atoms with E-state index >= 15 is 0 Å². The van der Waals surface area contributed by atoms with Gasteiger partial charge in [-0.25, -0.2) is 14.8 Å². The van der Waals surface area contributed by atoms with E-state index in [9.17, 15) is 4.79 Å². The second-order valence-corrected chi connectivity index (χ2v) is 4.75. The van der Waals surface area contributed by atoms with Gasteiger partial charge in [0.25, 0.3) is 0 Å². The normalized spacial score (nSPS) is 10.1. The zero-order valence-electron chi connectivity index (χ0n) is 11.1. The third-order valence-electron chi connectivity index (χ3n) is 2.66. The van der Waals surface area contributed by atoms with E-state index in [0.29, 0.717) is 18.1 Å². The topological polar surface area (TPSA) is 66.9 Å². The minimum Gasteiger partial charge on any atom is -0.334 e. The van der Waals surface area contributed by atoms with Gasteiger partial charge in [-0.3, -0.25) is 0 Å². The first kappa shape index (κ1) is 14.3. The number of nitrogens with one attached hydrogen (secondary N) is 2. The number of nitrogens with zero attached hydrogens (tertiary/aromatic N) is 2. The SMILES string of the molecule is Cc1cc(CNC(=O)NCc2ccc(Cl)cc2)ncn1. The molecular formula is C14H15ClN4O. The number of urea groups is 1. The van der Waals surface area contributed by atoms with Gasteiger partial charge in [-0.2, -0.15) is 0 Å². The first-order valence-electron chi connectivity index (χ1n) is 6.17. The van der Waals surface area contributed by atoms with Gasteiger partial charge in [0.05, 0.1) is 12.2 Å². The summed E-state index contributed by atoms with van der Waals surface area (Å²) in [6.07, 6.45) is 1.48. The molecule has 0 saturated heterocycles. The van der Waals surface area contributed by atoms with Crippen LogP contribution in [0.1, 0.15) is 17.0 Å². The molecule has 0 aliphatic carbocycles. The molecule has 0 spiro atoms. The lowest BCUT2D eigenvalue weighted by Gasteiger charge is -2.07. The summed E-state index contributed by atoms with van der Waals surface area (Å²) in [4.78, 5) is 19.7. The number of amides is 2. The van der Waals surface area contributed by atoms with E-state index in [2.05, 4.69) is 20.6 Å². The zero-order chi connectivity index (χ0) is 14.4. The summed E-state index contributed by atoms with van der Waals surface area (Å²) in [5.74, 6) is 0. The third kappa shape index (κ3) is 4.51. The van der Waals surface area contributed by atoms with Crippen LogP contribution in [0, 0.1) is 6.92 Å². The van der Waals surface area contributed by atoms with Crippen molar-refractivity contribution < 1.29 is 4.79 Å². The first-order chi connectivity index (χ1) is 9.63. The summed E-state index contributed by atoms with van der Waals surface area (Å²) < 4.78 is 0. The Balaban J connectivity index is 1.77. The molecule has 0 radical (unpaired) electrons. The van der Waals surface area contributed by atoms with E-state index in [1.54, 1.807) is 12.1 Å². The summed E-state index contributed by atoms with van der Waals surface area (Å²) in [6, 6.07) is 8.92. The van der Waals surface area contributed by atoms with E-state index in [-0.39, 0.29) is 6.03 Å². The summed E-state index contributed by atoms with van der Waals surface area (Å²) in [5, 5.41) is 6.19. The fraction of sp³-hybridized carbons (Fsp3) is 0.214. The van der Waals surface area contributed by atoms with Gasteiger partial charge in [0.2, 0.25) is 0 Å². The molecule has 1 aromatic heterocycles. The molecule has 0 unspecified atom stereocenters. The van der Waals surface area contributed by atoms with Crippen molar-refractivity contribution >= 4 is 17.6 Å². The Bertz CT molecular complexity index is 586. The van der Waals surface area contributed by atoms with Gasteiger partial charge in [0.1, 0.15) is 6.33 Å². The largest absolute Gasteiger partial charge is 0.334 e. The second kappa shape index (κ2) is 6.86. The van der Waals surface area contributed by atoms with E-state index in [1.165, 1.54) is 6.33 Å². The van der Waals surface area contributed by atoms with Crippen LogP contribution in [0.5, 0.6) is 0 Å². The molecule has 0 saturated carbocycles. The zero-order valence-corrected chi connectivity index (χ0v) is 11.8. The lowest BCUT2D eigenvalue weighted by atomic mass is 10.2. The summed E-state index contributed by atoms with van der Waals surface area (Å²) in [5.41, 5.74) is 2.64. The highest BCUT2D eigenvalue weighted by Gasteiger charge is 2.02. The quantitative estimate of drug-likeness (QED) is 0.909. The highest BCUT2D eigenvalue weighted by Crippen LogP contribution is 2.08. The average Bonchev–Trinajstić information content (AvgIpc) is 2.45. The van der Waals surface area contributed by atoms with Gasteiger partial charge in [-0.15, -0.1) is 0 Å². The van der Waals surface area contributed by atoms with Gasteiger partial charge in [-0.1, -0.05) is 23.7 Å². The average molecular weight is 291 g/mol. The van der Waals surface area contributed by atoms with Crippen LogP contribution in [0.25, 0.3) is 0 Å². The van der Waals surface area contributed by atoms with Gasteiger partial charge in [-0.05, 0) is 30.7 Å². The number of aryl methyl sites for hydroxylation is 1. The number of hydrogen-bond acceptors (Lipinski definition) is 3. The lowest BCUT2D eigenvalue weighted by molar-refractivity contribution is 0.240. The van der Waals surface area contributed by atoms with Crippen molar-refractivity contribution in [3.05, 3.63) is 58.6 Å². The molecule has 0 fully saturated rings. The number of carbonyl (C=O) groups excluding carboxylic acids is 1. The van der Waals surface area contributed by atoms with Gasteiger partial charge >= 0.3 is 6.03 Å². The summed E-state index contributed by atoms with van der Waals surface area (Å²) in [6.45, 7) is 2.70. The maximum atomic E-state index is 11.6. The van der Waals surface area contributed by atoms with E-state index in [1.807, 2.05) is 25.1 Å². The number of halogens is 1. The molecule has 2 N–H and O–H groups in total. The van der Waals surface area contributed by atoms with Crippen molar-refractivity contribution in [1.29, 1.82) is 0 Å². The molecule has 2 amide bonds. The summed E-state index contributed by atoms with van der Waals surface area (Å²) >= 11 is 5.79. The minimum atomic E-state index is -0.240. The number of carbonyl (C=O) groups is 1. The van der Waals surface area contributed by atoms with E-state index in [4.69, 9.17) is 11.6 Å². The fourth-order valence-electron chi connectivity index (χ4n) is 1.62. The van der Waals surface area contributed by atoms with Crippen molar-refractivity contribution in [3.63, 3.8) is 0 Å². The molecule has 20 heavy (non-hydrogen) atoms. The predicted molar refractivity (Wildman–Crippen MR) is 77.3 cm³/mol. The van der Waals surface area contributed by atoms with Crippen LogP contribution < -0.4 is 10.6 Å². The standard InChI is InChI=1S/C14H15ClN4O/c1-10-6-13(19-9-18-10)8-17-14(20)16-7-11-2-4-12(15)5-3-11/h2-6,9H,7-8H2,1H3,(H2,16,17,20). The van der Waals surface area contributed by atoms with Crippen LogP contribution in [0.15, 0.2) is 36.7 Å². The van der Waals surface area contributed by atoms with Crippen molar-refractivity contribution in [2.75, 3.05) is 0 Å². The molecule has 0 aliphatic heterocycles. The van der Waals surface area contributed by atoms with Gasteiger partial charge in [0.15, 0.2) is 0 Å². The Morgan fingerprint density at radius 1 is 1.15 bits per heavy atom. The second-order valence-electron chi connectivity index (χ2n) is 4.31. The molecule has 2 aromatic rings. The first-order valence-corrected chi connectivity index (χ1v) is 6.55. The van der Waals surface area contributed by atoms with Crippen LogP contribution in [0.2, 0.25) is 5.02 Å². The van der Waals surface area contributed by atoms with Crippen molar-refractivity contribution in [2.45, 2.75) is 20.0 Å². The molecule has 1 heterocycles. The predicted octanol–water partition coefficient (Wildman–Crippen LogP) is 2.44. The highest BCUT2D eigenvalue weighted by molar-refractivity contribution is 6.30. The minimum absolute atomic E-state index is 0.240. The van der Waals surface area contributed by atoms with E-state index < -0.39 is 0 Å². The van der Waals surface area contributed by atoms with Gasteiger partial charge < -0.3 is 10.6 Å². The Morgan fingerprint density at radius 2 is 1.85 bits per heavy atom. The third-order valence-corrected chi connectivity index (χ3v) is 2.91. The lowest BCUT2D eigenvalue weighted by Crippen LogP contribution is -2.34. The maximum Gasteiger partial charge on any atom is 0.315 e. The van der Waals surface area contributed by atoms with Crippen LogP contribution >= 0.6 is 11.6 Å². The Kier molecular flexibility index (Phi) is 4.90. The molecular weight excluding hydrogens is 276 g/mol. The maximum absolute atomic E-state index is 11.6. The van der Waals surface area contributed by atoms with E-state index in [0.717, 1.165) is 17.0 Å². The van der Waals surface area contributed by atoms with Crippen LogP contribution in [-0.4, -0.2) is 16.0 Å². The Hall–Kier alpha value is -2.14. The molecule has 0 aliphatic rings. The van der Waals surface area contributed by atoms with Crippen molar-refractivity contribution in [1.82, 2.24) is 20.6 Å². The molecule has 0 atom stereocenters. The Morgan fingerprint density at radius 3 is 2.55 bits per heavy atom. The monoisotopic (exact) mass is 290 g/mol. The molecule has 1 aromatic carbocycles. The highest BCUT2D eigenvalue weighted by atomic mass is 35.5. The van der Waals surface area contributed by atoms with Crippen molar-refractivity contribution in [2.24, 2.45) is 0 Å².